The zero-order chi connectivity index (χ0) is 20.3. The fourth-order valence-electron chi connectivity index (χ4n) is 4.01. The third kappa shape index (κ3) is 4.37. The van der Waals surface area contributed by atoms with E-state index in [0.29, 0.717) is 18.8 Å². The number of benzene rings is 2. The smallest absolute Gasteiger partial charge is 0.349 e. The first-order valence-corrected chi connectivity index (χ1v) is 9.55. The van der Waals surface area contributed by atoms with Crippen LogP contribution in [0.2, 0.25) is 0 Å². The zero-order valence-corrected chi connectivity index (χ0v) is 15.6. The number of hydrogen-bond acceptors (Lipinski definition) is 2. The number of rotatable bonds is 5. The molecule has 6 heteroatoms. The van der Waals surface area contributed by atoms with Gasteiger partial charge < -0.3 is 4.74 Å². The average molecular weight is 394 g/mol. The van der Waals surface area contributed by atoms with E-state index in [4.69, 9.17) is 4.74 Å². The number of halogens is 4. The first-order valence-electron chi connectivity index (χ1n) is 9.55. The third-order valence-corrected chi connectivity index (χ3v) is 5.38. The molecule has 2 aromatic rings. The summed E-state index contributed by atoms with van der Waals surface area (Å²) in [5, 5.41) is 0. The van der Waals surface area contributed by atoms with Gasteiger partial charge in [0.05, 0.1) is 0 Å². The van der Waals surface area contributed by atoms with Crippen molar-refractivity contribution in [3.63, 3.8) is 0 Å². The lowest BCUT2D eigenvalue weighted by molar-refractivity contribution is 0.0723. The van der Waals surface area contributed by atoms with Gasteiger partial charge in [0, 0.05) is 17.7 Å². The highest BCUT2D eigenvalue weighted by molar-refractivity contribution is 5.91. The number of carbonyl (C=O) groups is 1. The number of esters is 1. The summed E-state index contributed by atoms with van der Waals surface area (Å²) in [6.45, 7) is 2.12. The van der Waals surface area contributed by atoms with Crippen LogP contribution in [-0.2, 0) is 0 Å². The fraction of sp³-hybridized carbons (Fsp3) is 0.409. The lowest BCUT2D eigenvalue weighted by Crippen LogP contribution is -2.16. The Kier molecular flexibility index (Phi) is 6.37. The largest absolute Gasteiger partial charge is 0.423 e. The maximum Gasteiger partial charge on any atom is 0.349 e. The van der Waals surface area contributed by atoms with Crippen molar-refractivity contribution in [2.24, 2.45) is 5.92 Å². The molecular formula is C22H22F4O2. The van der Waals surface area contributed by atoms with Gasteiger partial charge >= 0.3 is 5.97 Å². The molecule has 0 unspecified atom stereocenters. The summed E-state index contributed by atoms with van der Waals surface area (Å²) in [5.74, 6) is -5.22. The van der Waals surface area contributed by atoms with E-state index in [1.165, 1.54) is 0 Å². The molecule has 0 N–H and O–H groups in total. The van der Waals surface area contributed by atoms with Crippen LogP contribution < -0.4 is 4.74 Å². The third-order valence-electron chi connectivity index (χ3n) is 5.38. The van der Waals surface area contributed by atoms with Crippen LogP contribution in [0.1, 0.15) is 67.3 Å². The van der Waals surface area contributed by atoms with Crippen molar-refractivity contribution in [3.05, 3.63) is 64.7 Å². The maximum absolute atomic E-state index is 14.6. The molecule has 0 bridgehead atoms. The molecule has 0 amide bonds. The minimum Gasteiger partial charge on any atom is -0.423 e. The highest BCUT2D eigenvalue weighted by Gasteiger charge is 2.28. The predicted octanol–water partition coefficient (Wildman–Crippen LogP) is 6.54. The molecular weight excluding hydrogens is 372 g/mol. The number of carbonyl (C=O) groups excluding carboxylic acids is 1. The minimum atomic E-state index is -1.35. The van der Waals surface area contributed by atoms with E-state index in [9.17, 15) is 22.4 Å². The summed E-state index contributed by atoms with van der Waals surface area (Å²) < 4.78 is 61.3. The van der Waals surface area contributed by atoms with Gasteiger partial charge in [-0.15, -0.1) is 0 Å². The highest BCUT2D eigenvalue weighted by atomic mass is 19.1. The Labute approximate surface area is 161 Å². The lowest BCUT2D eigenvalue weighted by atomic mass is 9.77. The van der Waals surface area contributed by atoms with Crippen molar-refractivity contribution >= 4 is 5.97 Å². The topological polar surface area (TPSA) is 26.3 Å². The van der Waals surface area contributed by atoms with E-state index in [-0.39, 0.29) is 11.5 Å². The first-order chi connectivity index (χ1) is 13.4. The Balaban J connectivity index is 1.76. The molecule has 28 heavy (non-hydrogen) atoms. The lowest BCUT2D eigenvalue weighted by Gasteiger charge is -2.29. The standard InChI is InChI=1S/C22H22F4O2/c1-2-4-13-7-9-14(10-8-13)20-18(25)11-15(12-19(20)26)28-22(27)21-16(23)5-3-6-17(21)24/h3,5-6,11-14H,2,4,7-10H2,1H3. The van der Waals surface area contributed by atoms with E-state index < -0.39 is 40.6 Å². The Hall–Kier alpha value is -2.37. The van der Waals surface area contributed by atoms with E-state index >= 15 is 0 Å². The summed E-state index contributed by atoms with van der Waals surface area (Å²) in [7, 11) is 0. The minimum absolute atomic E-state index is 0.00757. The van der Waals surface area contributed by atoms with Gasteiger partial charge in [-0.05, 0) is 49.7 Å². The Morgan fingerprint density at radius 2 is 1.54 bits per heavy atom. The van der Waals surface area contributed by atoms with Crippen LogP contribution in [0, 0.1) is 29.2 Å². The van der Waals surface area contributed by atoms with Crippen LogP contribution in [-0.4, -0.2) is 5.97 Å². The van der Waals surface area contributed by atoms with Gasteiger partial charge in [0.15, 0.2) is 0 Å². The van der Waals surface area contributed by atoms with E-state index in [1.807, 2.05) is 0 Å². The normalized spacial score (nSPS) is 19.5. The van der Waals surface area contributed by atoms with Gasteiger partial charge in [0.1, 0.15) is 34.6 Å². The molecule has 1 aliphatic carbocycles. The molecule has 1 aliphatic rings. The van der Waals surface area contributed by atoms with E-state index in [1.54, 1.807) is 0 Å². The van der Waals surface area contributed by atoms with Crippen molar-refractivity contribution in [1.29, 1.82) is 0 Å². The van der Waals surface area contributed by atoms with Crippen molar-refractivity contribution in [2.75, 3.05) is 0 Å². The van der Waals surface area contributed by atoms with Crippen LogP contribution in [0.3, 0.4) is 0 Å². The molecule has 0 aliphatic heterocycles. The van der Waals surface area contributed by atoms with Gasteiger partial charge in [0.2, 0.25) is 0 Å². The molecule has 0 spiro atoms. The van der Waals surface area contributed by atoms with Crippen LogP contribution in [0.4, 0.5) is 17.6 Å². The van der Waals surface area contributed by atoms with Gasteiger partial charge in [-0.3, -0.25) is 0 Å². The molecule has 0 saturated heterocycles. The van der Waals surface area contributed by atoms with Crippen molar-refractivity contribution in [3.8, 4) is 5.75 Å². The van der Waals surface area contributed by atoms with Crippen molar-refractivity contribution in [2.45, 2.75) is 51.4 Å². The molecule has 3 rings (SSSR count). The molecule has 0 aromatic heterocycles. The van der Waals surface area contributed by atoms with Gasteiger partial charge in [-0.1, -0.05) is 25.8 Å². The molecule has 150 valence electrons. The molecule has 1 fully saturated rings. The van der Waals surface area contributed by atoms with Crippen molar-refractivity contribution in [1.82, 2.24) is 0 Å². The number of ether oxygens (including phenoxy) is 1. The average Bonchev–Trinajstić information content (AvgIpc) is 2.62. The summed E-state index contributed by atoms with van der Waals surface area (Å²) in [5.41, 5.74) is -0.909. The summed E-state index contributed by atoms with van der Waals surface area (Å²) in [6.07, 6.45) is 5.50. The fourth-order valence-corrected chi connectivity index (χ4v) is 4.01. The molecule has 0 heterocycles. The first kappa shape index (κ1) is 20.4. The SMILES string of the molecule is CCCC1CCC(c2c(F)cc(OC(=O)c3c(F)cccc3F)cc2F)CC1. The van der Waals surface area contributed by atoms with Crippen LogP contribution in [0.5, 0.6) is 5.75 Å². The maximum atomic E-state index is 14.6. The van der Waals surface area contributed by atoms with Gasteiger partial charge in [-0.2, -0.15) is 0 Å². The molecule has 0 atom stereocenters. The Bertz CT molecular complexity index is 814. The summed E-state index contributed by atoms with van der Waals surface area (Å²) in [6, 6.07) is 4.70. The van der Waals surface area contributed by atoms with Crippen LogP contribution >= 0.6 is 0 Å². The second-order valence-corrected chi connectivity index (χ2v) is 7.29. The van der Waals surface area contributed by atoms with E-state index in [0.717, 1.165) is 56.0 Å². The van der Waals surface area contributed by atoms with E-state index in [2.05, 4.69) is 6.92 Å². The molecule has 2 nitrogen and oxygen atoms in total. The summed E-state index contributed by atoms with van der Waals surface area (Å²) in [4.78, 5) is 12.0. The summed E-state index contributed by atoms with van der Waals surface area (Å²) >= 11 is 0. The number of hydrogen-bond donors (Lipinski definition) is 0. The Morgan fingerprint density at radius 1 is 0.964 bits per heavy atom. The molecule has 1 saturated carbocycles. The monoisotopic (exact) mass is 394 g/mol. The second-order valence-electron chi connectivity index (χ2n) is 7.29. The molecule has 2 aromatic carbocycles. The van der Waals surface area contributed by atoms with Crippen LogP contribution in [0.15, 0.2) is 30.3 Å². The van der Waals surface area contributed by atoms with Gasteiger partial charge in [-0.25, -0.2) is 22.4 Å². The zero-order valence-electron chi connectivity index (χ0n) is 15.6. The molecule has 0 radical (unpaired) electrons. The predicted molar refractivity (Wildman–Crippen MR) is 97.3 cm³/mol. The Morgan fingerprint density at radius 3 is 2.07 bits per heavy atom. The van der Waals surface area contributed by atoms with Crippen LogP contribution in [0.25, 0.3) is 0 Å². The highest BCUT2D eigenvalue weighted by Crippen LogP contribution is 2.40. The van der Waals surface area contributed by atoms with Gasteiger partial charge in [0.25, 0.3) is 0 Å². The quantitative estimate of drug-likeness (QED) is 0.327. The second kappa shape index (κ2) is 8.76. The van der Waals surface area contributed by atoms with Crippen molar-refractivity contribution < 1.29 is 27.1 Å².